The summed E-state index contributed by atoms with van der Waals surface area (Å²) in [6.45, 7) is 1.64. The van der Waals surface area contributed by atoms with Gasteiger partial charge in [0.2, 0.25) is 0 Å². The van der Waals surface area contributed by atoms with Crippen LogP contribution in [0.25, 0.3) is 0 Å². The lowest BCUT2D eigenvalue weighted by molar-refractivity contribution is 0.102. The second-order valence-corrected chi connectivity index (χ2v) is 8.18. The quantitative estimate of drug-likeness (QED) is 0.592. The number of benzene rings is 3. The van der Waals surface area contributed by atoms with E-state index in [2.05, 4.69) is 10.0 Å². The first-order chi connectivity index (χ1) is 13.7. The molecule has 0 bridgehead atoms. The number of halogens is 3. The minimum Gasteiger partial charge on any atom is -0.319 e. The zero-order valence-electron chi connectivity index (χ0n) is 15.0. The summed E-state index contributed by atoms with van der Waals surface area (Å²) in [4.78, 5) is 11.8. The van der Waals surface area contributed by atoms with Gasteiger partial charge < -0.3 is 5.32 Å². The van der Waals surface area contributed by atoms with Crippen LogP contribution in [0.3, 0.4) is 0 Å². The van der Waals surface area contributed by atoms with Crippen LogP contribution < -0.4 is 10.0 Å². The molecule has 5 nitrogen and oxygen atoms in total. The third-order valence-electron chi connectivity index (χ3n) is 4.13. The summed E-state index contributed by atoms with van der Waals surface area (Å²) in [5, 5.41) is 2.60. The normalized spacial score (nSPS) is 11.2. The fourth-order valence-electron chi connectivity index (χ4n) is 2.52. The molecule has 0 atom stereocenters. The number of carbonyl (C=O) groups excluding carboxylic acids is 1. The largest absolute Gasteiger partial charge is 0.319 e. The predicted octanol–water partition coefficient (Wildman–Crippen LogP) is 4.98. The minimum absolute atomic E-state index is 0.259. The van der Waals surface area contributed by atoms with Crippen LogP contribution in [-0.2, 0) is 10.0 Å². The molecule has 0 aliphatic rings. The molecule has 0 radical (unpaired) electrons. The fourth-order valence-corrected chi connectivity index (χ4v) is 3.83. The maximum atomic E-state index is 14.4. The highest BCUT2D eigenvalue weighted by molar-refractivity contribution is 7.92. The van der Waals surface area contributed by atoms with Gasteiger partial charge in [-0.25, -0.2) is 17.2 Å². The number of hydrogen-bond acceptors (Lipinski definition) is 3. The summed E-state index contributed by atoms with van der Waals surface area (Å²) in [5.74, 6) is -2.60. The van der Waals surface area contributed by atoms with Crippen molar-refractivity contribution in [2.75, 3.05) is 10.0 Å². The van der Waals surface area contributed by atoms with E-state index in [-0.39, 0.29) is 21.8 Å². The van der Waals surface area contributed by atoms with Gasteiger partial charge in [-0.3, -0.25) is 9.52 Å². The molecule has 3 rings (SSSR count). The highest BCUT2D eigenvalue weighted by Crippen LogP contribution is 2.27. The van der Waals surface area contributed by atoms with Crippen LogP contribution in [0.5, 0.6) is 0 Å². The van der Waals surface area contributed by atoms with E-state index in [4.69, 9.17) is 11.6 Å². The van der Waals surface area contributed by atoms with Crippen molar-refractivity contribution < 1.29 is 22.0 Å². The van der Waals surface area contributed by atoms with Crippen LogP contribution in [0.1, 0.15) is 15.9 Å². The smallest absolute Gasteiger partial charge is 0.262 e. The van der Waals surface area contributed by atoms with Gasteiger partial charge >= 0.3 is 0 Å². The molecule has 29 heavy (non-hydrogen) atoms. The highest BCUT2D eigenvalue weighted by atomic mass is 35.5. The summed E-state index contributed by atoms with van der Waals surface area (Å²) >= 11 is 5.98. The number of nitrogens with one attached hydrogen (secondary N) is 2. The van der Waals surface area contributed by atoms with Gasteiger partial charge in [0.15, 0.2) is 0 Å². The molecule has 0 aliphatic carbocycles. The summed E-state index contributed by atoms with van der Waals surface area (Å²) in [7, 11) is -4.10. The van der Waals surface area contributed by atoms with Crippen LogP contribution in [0.4, 0.5) is 20.2 Å². The molecule has 0 heterocycles. The third kappa shape index (κ3) is 4.55. The van der Waals surface area contributed by atoms with Crippen molar-refractivity contribution in [1.29, 1.82) is 0 Å². The van der Waals surface area contributed by atoms with E-state index in [1.807, 2.05) is 0 Å². The van der Waals surface area contributed by atoms with Crippen LogP contribution in [-0.4, -0.2) is 14.3 Å². The highest BCUT2D eigenvalue weighted by Gasteiger charge is 2.19. The lowest BCUT2D eigenvalue weighted by atomic mass is 10.2. The lowest BCUT2D eigenvalue weighted by Crippen LogP contribution is -2.16. The van der Waals surface area contributed by atoms with E-state index >= 15 is 0 Å². The molecule has 0 saturated carbocycles. The number of sulfonamides is 1. The summed E-state index contributed by atoms with van der Waals surface area (Å²) in [6.07, 6.45) is 0. The zero-order chi connectivity index (χ0) is 21.2. The van der Waals surface area contributed by atoms with Crippen molar-refractivity contribution in [3.8, 4) is 0 Å². The number of anilines is 2. The van der Waals surface area contributed by atoms with Crippen molar-refractivity contribution >= 4 is 38.9 Å². The average molecular weight is 437 g/mol. The molecular weight excluding hydrogens is 422 g/mol. The molecule has 0 fully saturated rings. The Morgan fingerprint density at radius 2 is 1.66 bits per heavy atom. The first-order valence-electron chi connectivity index (χ1n) is 8.32. The summed E-state index contributed by atoms with van der Waals surface area (Å²) in [5.41, 5.74) is 0.236. The molecule has 1 amide bonds. The van der Waals surface area contributed by atoms with E-state index in [1.54, 1.807) is 19.1 Å². The van der Waals surface area contributed by atoms with Crippen molar-refractivity contribution in [2.24, 2.45) is 0 Å². The predicted molar refractivity (Wildman–Crippen MR) is 108 cm³/mol. The van der Waals surface area contributed by atoms with E-state index in [1.165, 1.54) is 24.3 Å². The van der Waals surface area contributed by atoms with Crippen molar-refractivity contribution in [3.63, 3.8) is 0 Å². The molecular formula is C20H15ClF2N2O3S. The monoisotopic (exact) mass is 436 g/mol. The van der Waals surface area contributed by atoms with Crippen LogP contribution in [0, 0.1) is 18.6 Å². The van der Waals surface area contributed by atoms with Gasteiger partial charge in [-0.05, 0) is 55.0 Å². The number of hydrogen-bond donors (Lipinski definition) is 2. The van der Waals surface area contributed by atoms with Crippen LogP contribution >= 0.6 is 11.6 Å². The Kier molecular flexibility index (Phi) is 5.86. The Balaban J connectivity index is 1.84. The van der Waals surface area contributed by atoms with Crippen LogP contribution in [0.15, 0.2) is 65.6 Å². The topological polar surface area (TPSA) is 75.3 Å². The summed E-state index contributed by atoms with van der Waals surface area (Å²) in [6, 6.07) is 12.9. The SMILES string of the molecule is Cc1c(Cl)cccc1NS(=O)(=O)c1ccc(NC(=O)c2ccccc2F)c(F)c1. The van der Waals surface area contributed by atoms with E-state index in [0.29, 0.717) is 10.6 Å². The molecule has 0 saturated heterocycles. The second kappa shape index (κ2) is 8.18. The third-order valence-corrected chi connectivity index (χ3v) is 5.90. The Labute approximate surface area is 171 Å². The molecule has 0 aromatic heterocycles. The molecule has 0 spiro atoms. The second-order valence-electron chi connectivity index (χ2n) is 6.09. The maximum absolute atomic E-state index is 14.4. The molecule has 150 valence electrons. The van der Waals surface area contributed by atoms with E-state index in [0.717, 1.165) is 24.3 Å². The standard InChI is InChI=1S/C20H15ClF2N2O3S/c1-12-15(21)6-4-8-18(12)25-29(27,28)13-9-10-19(17(23)11-13)24-20(26)14-5-2-3-7-16(14)22/h2-11,25H,1H3,(H,24,26). The first kappa shape index (κ1) is 20.8. The van der Waals surface area contributed by atoms with Gasteiger partial charge in [0.25, 0.3) is 15.9 Å². The average Bonchev–Trinajstić information content (AvgIpc) is 2.67. The van der Waals surface area contributed by atoms with Crippen molar-refractivity contribution in [3.05, 3.63) is 88.4 Å². The maximum Gasteiger partial charge on any atom is 0.262 e. The first-order valence-corrected chi connectivity index (χ1v) is 10.2. The Bertz CT molecular complexity index is 1200. The molecule has 9 heteroatoms. The zero-order valence-corrected chi connectivity index (χ0v) is 16.6. The fraction of sp³-hybridized carbons (Fsp3) is 0.0500. The Morgan fingerprint density at radius 1 is 0.931 bits per heavy atom. The molecule has 2 N–H and O–H groups in total. The Morgan fingerprint density at radius 3 is 2.34 bits per heavy atom. The van der Waals surface area contributed by atoms with Crippen LogP contribution in [0.2, 0.25) is 5.02 Å². The van der Waals surface area contributed by atoms with Gasteiger partial charge in [-0.15, -0.1) is 0 Å². The molecule has 0 aliphatic heterocycles. The van der Waals surface area contributed by atoms with Crippen molar-refractivity contribution in [1.82, 2.24) is 0 Å². The number of carbonyl (C=O) groups is 1. The van der Waals surface area contributed by atoms with E-state index < -0.39 is 27.6 Å². The summed E-state index contributed by atoms with van der Waals surface area (Å²) < 4.78 is 55.6. The van der Waals surface area contributed by atoms with Crippen molar-refractivity contribution in [2.45, 2.75) is 11.8 Å². The van der Waals surface area contributed by atoms with Gasteiger partial charge in [-0.2, -0.15) is 0 Å². The minimum atomic E-state index is -4.10. The molecule has 0 unspecified atom stereocenters. The van der Waals surface area contributed by atoms with E-state index in [9.17, 15) is 22.0 Å². The number of amides is 1. The van der Waals surface area contributed by atoms with Gasteiger partial charge in [0, 0.05) is 5.02 Å². The lowest BCUT2D eigenvalue weighted by Gasteiger charge is -2.13. The van der Waals surface area contributed by atoms with Gasteiger partial charge in [0.05, 0.1) is 21.8 Å². The molecule has 3 aromatic carbocycles. The number of rotatable bonds is 5. The van der Waals surface area contributed by atoms with Gasteiger partial charge in [0.1, 0.15) is 11.6 Å². The van der Waals surface area contributed by atoms with Gasteiger partial charge in [-0.1, -0.05) is 29.8 Å². The Hall–Kier alpha value is -2.97. The molecule has 3 aromatic rings.